The van der Waals surface area contributed by atoms with E-state index in [4.69, 9.17) is 23.7 Å². The Hall–Kier alpha value is -1.22. The van der Waals surface area contributed by atoms with Crippen LogP contribution in [-0.2, 0) is 33.3 Å². The van der Waals surface area contributed by atoms with Crippen molar-refractivity contribution in [3.63, 3.8) is 0 Å². The average Bonchev–Trinajstić information content (AvgIpc) is 2.56. The fourth-order valence-corrected chi connectivity index (χ4v) is 1.70. The molecule has 1 amide bonds. The topological polar surface area (TPSA) is 92.3 Å². The van der Waals surface area contributed by atoms with Gasteiger partial charge < -0.3 is 29.0 Å². The van der Waals surface area contributed by atoms with Gasteiger partial charge in [-0.15, -0.1) is 0 Å². The Labute approximate surface area is 156 Å². The lowest BCUT2D eigenvalue weighted by Crippen LogP contribution is -2.26. The fraction of sp³-hybridized carbons (Fsp3) is 0.889. The number of esters is 1. The first-order valence-electron chi connectivity index (χ1n) is 9.14. The van der Waals surface area contributed by atoms with Crippen LogP contribution in [0.2, 0.25) is 0 Å². The van der Waals surface area contributed by atoms with Gasteiger partial charge in [0.15, 0.2) is 0 Å². The van der Waals surface area contributed by atoms with Crippen molar-refractivity contribution < 1.29 is 33.3 Å². The molecule has 8 heteroatoms. The highest BCUT2D eigenvalue weighted by Gasteiger charge is 2.15. The molecule has 0 aromatic rings. The molecule has 0 atom stereocenters. The Balaban J connectivity index is 3.18. The van der Waals surface area contributed by atoms with Crippen LogP contribution in [0.1, 0.15) is 40.5 Å². The summed E-state index contributed by atoms with van der Waals surface area (Å²) in [5.74, 6) is -0.238. The molecular formula is C18H35NO7. The number of nitrogens with one attached hydrogen (secondary N) is 1. The molecule has 0 saturated carbocycles. The summed E-state index contributed by atoms with van der Waals surface area (Å²) >= 11 is 0. The zero-order valence-electron chi connectivity index (χ0n) is 16.6. The van der Waals surface area contributed by atoms with Gasteiger partial charge in [-0.1, -0.05) is 6.92 Å². The summed E-state index contributed by atoms with van der Waals surface area (Å²) in [7, 11) is 0. The number of hydrogen-bond acceptors (Lipinski definition) is 7. The van der Waals surface area contributed by atoms with Crippen molar-refractivity contribution in [1.29, 1.82) is 0 Å². The van der Waals surface area contributed by atoms with E-state index in [0.29, 0.717) is 65.8 Å². The van der Waals surface area contributed by atoms with E-state index in [1.807, 2.05) is 27.7 Å². The molecule has 0 radical (unpaired) electrons. The maximum Gasteiger partial charge on any atom is 0.308 e. The number of carbonyl (C=O) groups excluding carboxylic acids is 2. The van der Waals surface area contributed by atoms with Gasteiger partial charge in [-0.05, 0) is 20.8 Å². The average molecular weight is 377 g/mol. The van der Waals surface area contributed by atoms with Gasteiger partial charge in [0, 0.05) is 13.0 Å². The van der Waals surface area contributed by atoms with Crippen molar-refractivity contribution in [2.45, 2.75) is 46.1 Å². The van der Waals surface area contributed by atoms with Crippen LogP contribution < -0.4 is 5.32 Å². The monoisotopic (exact) mass is 377 g/mol. The zero-order valence-corrected chi connectivity index (χ0v) is 16.6. The Kier molecular flexibility index (Phi) is 15.2. The first-order valence-corrected chi connectivity index (χ1v) is 9.14. The molecular weight excluding hydrogens is 342 g/mol. The second-order valence-corrected chi connectivity index (χ2v) is 6.49. The Morgan fingerprint density at radius 2 is 1.23 bits per heavy atom. The number of ether oxygens (including phenoxy) is 5. The Morgan fingerprint density at radius 3 is 1.69 bits per heavy atom. The van der Waals surface area contributed by atoms with Crippen LogP contribution in [0.15, 0.2) is 0 Å². The molecule has 0 bridgehead atoms. The molecule has 0 spiro atoms. The molecule has 0 aliphatic carbocycles. The maximum absolute atomic E-state index is 11.4. The lowest BCUT2D eigenvalue weighted by Gasteiger charge is -2.19. The second-order valence-electron chi connectivity index (χ2n) is 6.49. The van der Waals surface area contributed by atoms with Gasteiger partial charge in [0.1, 0.15) is 5.60 Å². The Bertz CT molecular complexity index is 369. The summed E-state index contributed by atoms with van der Waals surface area (Å²) in [4.78, 5) is 22.4. The summed E-state index contributed by atoms with van der Waals surface area (Å²) < 4.78 is 26.5. The third-order valence-corrected chi connectivity index (χ3v) is 2.88. The van der Waals surface area contributed by atoms with Crippen molar-refractivity contribution in [2.24, 2.45) is 0 Å². The van der Waals surface area contributed by atoms with E-state index in [-0.39, 0.29) is 18.3 Å². The molecule has 0 unspecified atom stereocenters. The molecule has 1 N–H and O–H groups in total. The van der Waals surface area contributed by atoms with E-state index in [9.17, 15) is 9.59 Å². The minimum atomic E-state index is -0.462. The van der Waals surface area contributed by atoms with Gasteiger partial charge >= 0.3 is 5.97 Å². The van der Waals surface area contributed by atoms with Crippen LogP contribution in [-0.4, -0.2) is 76.9 Å². The van der Waals surface area contributed by atoms with Crippen molar-refractivity contribution in [3.8, 4) is 0 Å². The van der Waals surface area contributed by atoms with Gasteiger partial charge in [0.2, 0.25) is 5.91 Å². The molecule has 0 saturated heterocycles. The summed E-state index contributed by atoms with van der Waals surface area (Å²) in [5, 5.41) is 2.73. The lowest BCUT2D eigenvalue weighted by atomic mass is 10.2. The van der Waals surface area contributed by atoms with Crippen molar-refractivity contribution >= 4 is 11.9 Å². The van der Waals surface area contributed by atoms with Crippen LogP contribution in [0.25, 0.3) is 0 Å². The van der Waals surface area contributed by atoms with E-state index in [0.717, 1.165) is 0 Å². The number of amides is 1. The van der Waals surface area contributed by atoms with Crippen molar-refractivity contribution in [1.82, 2.24) is 5.32 Å². The van der Waals surface area contributed by atoms with E-state index >= 15 is 0 Å². The summed E-state index contributed by atoms with van der Waals surface area (Å²) in [6, 6.07) is 0. The van der Waals surface area contributed by atoms with Gasteiger partial charge in [-0.2, -0.15) is 0 Å². The molecule has 0 aromatic heterocycles. The van der Waals surface area contributed by atoms with Gasteiger partial charge in [-0.25, -0.2) is 0 Å². The first-order chi connectivity index (χ1) is 12.3. The molecule has 26 heavy (non-hydrogen) atoms. The van der Waals surface area contributed by atoms with Gasteiger partial charge in [0.25, 0.3) is 0 Å². The fourth-order valence-electron chi connectivity index (χ4n) is 1.70. The van der Waals surface area contributed by atoms with Crippen LogP contribution in [0.4, 0.5) is 0 Å². The van der Waals surface area contributed by atoms with Crippen LogP contribution in [0.3, 0.4) is 0 Å². The van der Waals surface area contributed by atoms with Gasteiger partial charge in [0.05, 0.1) is 59.3 Å². The first kappa shape index (κ1) is 24.8. The number of carbonyl (C=O) groups is 2. The van der Waals surface area contributed by atoms with Crippen molar-refractivity contribution in [2.75, 3.05) is 59.4 Å². The van der Waals surface area contributed by atoms with E-state index in [2.05, 4.69) is 5.32 Å². The summed E-state index contributed by atoms with van der Waals surface area (Å²) in [6.07, 6.45) is 0.723. The number of rotatable bonds is 16. The third kappa shape index (κ3) is 19.1. The molecule has 0 heterocycles. The second kappa shape index (κ2) is 16.0. The highest BCUT2D eigenvalue weighted by molar-refractivity contribution is 5.75. The smallest absolute Gasteiger partial charge is 0.308 e. The van der Waals surface area contributed by atoms with E-state index in [1.54, 1.807) is 0 Å². The third-order valence-electron chi connectivity index (χ3n) is 2.88. The maximum atomic E-state index is 11.4. The lowest BCUT2D eigenvalue weighted by molar-refractivity contribution is -0.156. The molecule has 8 nitrogen and oxygen atoms in total. The number of hydrogen-bond donors (Lipinski definition) is 1. The predicted octanol–water partition coefficient (Wildman–Crippen LogP) is 1.31. The SMILES string of the molecule is CCC(=O)NCCOCCOCCOCCOCCC(=O)OC(C)(C)C. The van der Waals surface area contributed by atoms with E-state index in [1.165, 1.54) is 0 Å². The molecule has 0 aliphatic heterocycles. The van der Waals surface area contributed by atoms with Crippen LogP contribution >= 0.6 is 0 Å². The van der Waals surface area contributed by atoms with Gasteiger partial charge in [-0.3, -0.25) is 9.59 Å². The molecule has 0 aliphatic rings. The quantitative estimate of drug-likeness (QED) is 0.320. The summed E-state index contributed by atoms with van der Waals surface area (Å²) in [6.45, 7) is 11.4. The summed E-state index contributed by atoms with van der Waals surface area (Å²) in [5.41, 5.74) is -0.462. The highest BCUT2D eigenvalue weighted by atomic mass is 16.6. The zero-order chi connectivity index (χ0) is 19.7. The van der Waals surface area contributed by atoms with Crippen molar-refractivity contribution in [3.05, 3.63) is 0 Å². The Morgan fingerprint density at radius 1 is 0.769 bits per heavy atom. The largest absolute Gasteiger partial charge is 0.460 e. The van der Waals surface area contributed by atoms with Crippen LogP contribution in [0, 0.1) is 0 Å². The molecule has 0 rings (SSSR count). The normalized spacial score (nSPS) is 11.4. The molecule has 154 valence electrons. The van der Waals surface area contributed by atoms with Crippen LogP contribution in [0.5, 0.6) is 0 Å². The molecule has 0 fully saturated rings. The standard InChI is InChI=1S/C18H35NO7/c1-5-16(20)19-7-9-23-11-13-25-15-14-24-12-10-22-8-6-17(21)26-18(2,3)4/h5-15H2,1-4H3,(H,19,20). The predicted molar refractivity (Wildman–Crippen MR) is 97.0 cm³/mol. The highest BCUT2D eigenvalue weighted by Crippen LogP contribution is 2.07. The molecule has 0 aromatic carbocycles. The van der Waals surface area contributed by atoms with E-state index < -0.39 is 5.60 Å². The minimum Gasteiger partial charge on any atom is -0.460 e. The minimum absolute atomic E-state index is 0.0239.